The Balaban J connectivity index is 2.00. The van der Waals surface area contributed by atoms with Crippen molar-refractivity contribution in [3.05, 3.63) is 35.6 Å². The molecule has 0 bridgehead atoms. The second-order valence-electron chi connectivity index (χ2n) is 5.22. The quantitative estimate of drug-likeness (QED) is 0.891. The number of rotatable bonds is 4. The Bertz CT molecular complexity index is 593. The predicted molar refractivity (Wildman–Crippen MR) is 68.7 cm³/mol. The molecular weight excluding hydrogens is 228 g/mol. The minimum atomic E-state index is -0.712. The highest BCUT2D eigenvalue weighted by Gasteiger charge is 2.33. The van der Waals surface area contributed by atoms with Gasteiger partial charge in [-0.3, -0.25) is 4.79 Å². The molecule has 1 aromatic carbocycles. The van der Waals surface area contributed by atoms with Gasteiger partial charge >= 0.3 is 5.97 Å². The molecular formula is C15H16O3. The first-order valence-corrected chi connectivity index (χ1v) is 6.34. The minimum absolute atomic E-state index is 0.154. The normalized spacial score (nSPS) is 16.9. The molecule has 2 aromatic rings. The molecule has 1 atom stereocenters. The van der Waals surface area contributed by atoms with E-state index in [-0.39, 0.29) is 12.3 Å². The summed E-state index contributed by atoms with van der Waals surface area (Å²) in [5.74, 6) is -0.0112. The summed E-state index contributed by atoms with van der Waals surface area (Å²) < 4.78 is 5.42. The molecule has 3 nitrogen and oxygen atoms in total. The predicted octanol–water partition coefficient (Wildman–Crippen LogP) is 3.71. The monoisotopic (exact) mass is 244 g/mol. The SMILES string of the molecule is Cc1coc2ccc(C(CC(=O)O)C3CC3)cc12. The van der Waals surface area contributed by atoms with Gasteiger partial charge in [-0.05, 0) is 54.9 Å². The molecule has 1 heterocycles. The summed E-state index contributed by atoms with van der Waals surface area (Å²) in [6.45, 7) is 2.01. The third-order valence-corrected chi connectivity index (χ3v) is 3.80. The number of furan rings is 1. The van der Waals surface area contributed by atoms with Crippen molar-refractivity contribution in [3.8, 4) is 0 Å². The van der Waals surface area contributed by atoms with Crippen LogP contribution in [0.2, 0.25) is 0 Å². The molecule has 0 saturated heterocycles. The Morgan fingerprint density at radius 1 is 1.50 bits per heavy atom. The molecule has 1 fully saturated rings. The topological polar surface area (TPSA) is 50.4 Å². The van der Waals surface area contributed by atoms with E-state index in [1.165, 1.54) is 0 Å². The van der Waals surface area contributed by atoms with E-state index in [4.69, 9.17) is 9.52 Å². The van der Waals surface area contributed by atoms with Gasteiger partial charge in [0.1, 0.15) is 5.58 Å². The van der Waals surface area contributed by atoms with Crippen LogP contribution in [0.4, 0.5) is 0 Å². The largest absolute Gasteiger partial charge is 0.481 e. The third kappa shape index (κ3) is 2.01. The first-order valence-electron chi connectivity index (χ1n) is 6.34. The maximum atomic E-state index is 11.0. The van der Waals surface area contributed by atoms with Gasteiger partial charge in [-0.25, -0.2) is 0 Å². The molecule has 1 aliphatic carbocycles. The van der Waals surface area contributed by atoms with E-state index in [9.17, 15) is 4.79 Å². The molecule has 18 heavy (non-hydrogen) atoms. The zero-order valence-electron chi connectivity index (χ0n) is 10.3. The zero-order valence-corrected chi connectivity index (χ0v) is 10.3. The lowest BCUT2D eigenvalue weighted by molar-refractivity contribution is -0.137. The average molecular weight is 244 g/mol. The molecule has 1 aromatic heterocycles. The third-order valence-electron chi connectivity index (χ3n) is 3.80. The van der Waals surface area contributed by atoms with Crippen molar-refractivity contribution < 1.29 is 14.3 Å². The van der Waals surface area contributed by atoms with Gasteiger partial charge < -0.3 is 9.52 Å². The Labute approximate surface area is 105 Å². The van der Waals surface area contributed by atoms with E-state index in [0.717, 1.165) is 34.9 Å². The molecule has 3 rings (SSSR count). The lowest BCUT2D eigenvalue weighted by atomic mass is 9.90. The Morgan fingerprint density at radius 2 is 2.28 bits per heavy atom. The number of carbonyl (C=O) groups is 1. The number of benzene rings is 1. The zero-order chi connectivity index (χ0) is 12.7. The van der Waals surface area contributed by atoms with Crippen LogP contribution in [-0.2, 0) is 4.79 Å². The molecule has 0 aliphatic heterocycles. The van der Waals surface area contributed by atoms with E-state index in [1.807, 2.05) is 19.1 Å². The van der Waals surface area contributed by atoms with Crippen LogP contribution in [0, 0.1) is 12.8 Å². The van der Waals surface area contributed by atoms with Crippen molar-refractivity contribution in [1.29, 1.82) is 0 Å². The number of hydrogen-bond acceptors (Lipinski definition) is 2. The average Bonchev–Trinajstić information content (AvgIpc) is 3.11. The number of aryl methyl sites for hydroxylation is 1. The van der Waals surface area contributed by atoms with Gasteiger partial charge in [0.2, 0.25) is 0 Å². The molecule has 3 heteroatoms. The smallest absolute Gasteiger partial charge is 0.303 e. The first-order chi connectivity index (χ1) is 8.65. The lowest BCUT2D eigenvalue weighted by Crippen LogP contribution is -2.08. The number of fused-ring (bicyclic) bond motifs is 1. The van der Waals surface area contributed by atoms with Crippen molar-refractivity contribution in [2.45, 2.75) is 32.1 Å². The summed E-state index contributed by atoms with van der Waals surface area (Å²) in [6, 6.07) is 6.06. The van der Waals surface area contributed by atoms with E-state index >= 15 is 0 Å². The minimum Gasteiger partial charge on any atom is -0.481 e. The molecule has 0 radical (unpaired) electrons. The fraction of sp³-hybridized carbons (Fsp3) is 0.400. The van der Waals surface area contributed by atoms with Crippen LogP contribution in [0.15, 0.2) is 28.9 Å². The van der Waals surface area contributed by atoms with Gasteiger partial charge in [-0.1, -0.05) is 6.07 Å². The van der Waals surface area contributed by atoms with Crippen molar-refractivity contribution in [2.75, 3.05) is 0 Å². The standard InChI is InChI=1S/C15H16O3/c1-9-8-18-14-5-4-11(6-12(9)14)13(7-15(16)17)10-2-3-10/h4-6,8,10,13H,2-3,7H2,1H3,(H,16,17). The van der Waals surface area contributed by atoms with Gasteiger partial charge in [0.15, 0.2) is 0 Å². The van der Waals surface area contributed by atoms with E-state index in [1.54, 1.807) is 6.26 Å². The van der Waals surface area contributed by atoms with Crippen molar-refractivity contribution in [1.82, 2.24) is 0 Å². The number of aliphatic carboxylic acids is 1. The van der Waals surface area contributed by atoms with Gasteiger partial charge in [0, 0.05) is 5.39 Å². The van der Waals surface area contributed by atoms with Crippen LogP contribution < -0.4 is 0 Å². The van der Waals surface area contributed by atoms with Crippen LogP contribution in [0.5, 0.6) is 0 Å². The van der Waals surface area contributed by atoms with Crippen LogP contribution in [0.25, 0.3) is 11.0 Å². The molecule has 1 N–H and O–H groups in total. The van der Waals surface area contributed by atoms with Crippen molar-refractivity contribution in [2.24, 2.45) is 5.92 Å². The Kier molecular flexibility index (Phi) is 2.62. The van der Waals surface area contributed by atoms with Gasteiger partial charge in [0.05, 0.1) is 12.7 Å². The van der Waals surface area contributed by atoms with Crippen molar-refractivity contribution >= 4 is 16.9 Å². The number of hydrogen-bond donors (Lipinski definition) is 1. The Morgan fingerprint density at radius 3 is 2.94 bits per heavy atom. The lowest BCUT2D eigenvalue weighted by Gasteiger charge is -2.14. The molecule has 1 unspecified atom stereocenters. The highest BCUT2D eigenvalue weighted by atomic mass is 16.4. The van der Waals surface area contributed by atoms with Gasteiger partial charge in [0.25, 0.3) is 0 Å². The fourth-order valence-electron chi connectivity index (χ4n) is 2.65. The highest BCUT2D eigenvalue weighted by molar-refractivity contribution is 5.81. The first kappa shape index (κ1) is 11.3. The molecule has 0 spiro atoms. The number of carboxylic acids is 1. The second kappa shape index (κ2) is 4.16. The second-order valence-corrected chi connectivity index (χ2v) is 5.22. The maximum absolute atomic E-state index is 11.0. The van der Waals surface area contributed by atoms with Crippen LogP contribution in [0.1, 0.15) is 36.3 Å². The maximum Gasteiger partial charge on any atom is 0.303 e. The van der Waals surface area contributed by atoms with Crippen LogP contribution in [0.3, 0.4) is 0 Å². The molecule has 1 saturated carbocycles. The summed E-state index contributed by atoms with van der Waals surface area (Å²) in [6.07, 6.45) is 4.28. The van der Waals surface area contributed by atoms with E-state index < -0.39 is 5.97 Å². The molecule has 1 aliphatic rings. The Hall–Kier alpha value is -1.77. The van der Waals surface area contributed by atoms with E-state index in [0.29, 0.717) is 5.92 Å². The molecule has 94 valence electrons. The van der Waals surface area contributed by atoms with Crippen LogP contribution in [-0.4, -0.2) is 11.1 Å². The van der Waals surface area contributed by atoms with Crippen molar-refractivity contribution in [3.63, 3.8) is 0 Å². The summed E-state index contributed by atoms with van der Waals surface area (Å²) in [4.78, 5) is 11.0. The summed E-state index contributed by atoms with van der Waals surface area (Å²) >= 11 is 0. The summed E-state index contributed by atoms with van der Waals surface area (Å²) in [7, 11) is 0. The van der Waals surface area contributed by atoms with Gasteiger partial charge in [-0.15, -0.1) is 0 Å². The van der Waals surface area contributed by atoms with E-state index in [2.05, 4.69) is 6.07 Å². The number of carboxylic acid groups (broad SMARTS) is 1. The van der Waals surface area contributed by atoms with Gasteiger partial charge in [-0.2, -0.15) is 0 Å². The highest BCUT2D eigenvalue weighted by Crippen LogP contribution is 2.45. The summed E-state index contributed by atoms with van der Waals surface area (Å²) in [5, 5.41) is 10.1. The van der Waals surface area contributed by atoms with Crippen LogP contribution >= 0.6 is 0 Å². The molecule has 0 amide bonds. The summed E-state index contributed by atoms with van der Waals surface area (Å²) in [5.41, 5.74) is 3.12. The fourth-order valence-corrected chi connectivity index (χ4v) is 2.65.